The van der Waals surface area contributed by atoms with Crippen LogP contribution >= 0.6 is 0 Å². The third-order valence-electron chi connectivity index (χ3n) is 4.38. The average Bonchev–Trinajstić information content (AvgIpc) is 2.75. The highest BCUT2D eigenvalue weighted by Gasteiger charge is 2.31. The van der Waals surface area contributed by atoms with Crippen LogP contribution in [0.2, 0.25) is 0 Å². The summed E-state index contributed by atoms with van der Waals surface area (Å²) in [5, 5.41) is 3.24. The molecule has 4 aromatic rings. The molecule has 0 saturated heterocycles. The third kappa shape index (κ3) is 5.03. The number of rotatable bonds is 6. The monoisotopic (exact) mass is 426 g/mol. The zero-order valence-corrected chi connectivity index (χ0v) is 16.4. The van der Waals surface area contributed by atoms with Crippen LogP contribution in [0.1, 0.15) is 16.8 Å². The lowest BCUT2D eigenvalue weighted by atomic mass is 10.1. The second-order valence-corrected chi connectivity index (χ2v) is 6.71. The summed E-state index contributed by atoms with van der Waals surface area (Å²) in [7, 11) is 0. The first-order valence-electron chi connectivity index (χ1n) is 9.37. The van der Waals surface area contributed by atoms with E-state index >= 15 is 0 Å². The number of hydrogen-bond donors (Lipinski definition) is 1. The fourth-order valence-electron chi connectivity index (χ4n) is 2.87. The molecule has 0 fully saturated rings. The van der Waals surface area contributed by atoms with Gasteiger partial charge in [-0.15, -0.1) is 0 Å². The molecular formula is C21H17F3N6O. The number of anilines is 1. The van der Waals surface area contributed by atoms with E-state index in [9.17, 15) is 13.2 Å². The Labute approximate surface area is 175 Å². The first-order valence-corrected chi connectivity index (χ1v) is 9.37. The van der Waals surface area contributed by atoms with Gasteiger partial charge in [0.2, 0.25) is 5.88 Å². The van der Waals surface area contributed by atoms with Gasteiger partial charge in [0.05, 0.1) is 17.5 Å². The number of hydrogen-bond acceptors (Lipinski definition) is 7. The number of aromatic nitrogens is 5. The van der Waals surface area contributed by atoms with E-state index in [0.717, 1.165) is 29.6 Å². The quantitative estimate of drug-likeness (QED) is 0.483. The predicted octanol–water partition coefficient (Wildman–Crippen LogP) is 4.59. The molecule has 1 aromatic carbocycles. The van der Waals surface area contributed by atoms with Crippen molar-refractivity contribution in [2.75, 3.05) is 11.9 Å². The van der Waals surface area contributed by atoms with Crippen LogP contribution in [0.15, 0.2) is 55.1 Å². The molecule has 0 aliphatic heterocycles. The summed E-state index contributed by atoms with van der Waals surface area (Å²) in [6.07, 6.45) is 0.394. The van der Waals surface area contributed by atoms with Gasteiger partial charge < -0.3 is 10.1 Å². The zero-order chi connectivity index (χ0) is 21.8. The van der Waals surface area contributed by atoms with Crippen LogP contribution in [-0.2, 0) is 12.6 Å². The van der Waals surface area contributed by atoms with E-state index in [-0.39, 0.29) is 5.88 Å². The molecule has 4 rings (SSSR count). The summed E-state index contributed by atoms with van der Waals surface area (Å²) in [6.45, 7) is 2.44. The second-order valence-electron chi connectivity index (χ2n) is 6.71. The number of nitrogens with zero attached hydrogens (tertiary/aromatic N) is 5. The Kier molecular flexibility index (Phi) is 5.61. The molecule has 31 heavy (non-hydrogen) atoms. The van der Waals surface area contributed by atoms with Gasteiger partial charge in [-0.3, -0.25) is 0 Å². The molecule has 0 atom stereocenters. The summed E-state index contributed by atoms with van der Waals surface area (Å²) >= 11 is 0. The zero-order valence-electron chi connectivity index (χ0n) is 16.4. The van der Waals surface area contributed by atoms with Crippen molar-refractivity contribution in [3.05, 3.63) is 71.9 Å². The molecule has 0 radical (unpaired) electrons. The highest BCUT2D eigenvalue weighted by Crippen LogP contribution is 2.31. The number of aryl methyl sites for hydroxylation is 1. The lowest BCUT2D eigenvalue weighted by molar-refractivity contribution is -0.137. The molecule has 10 heteroatoms. The summed E-state index contributed by atoms with van der Waals surface area (Å²) in [5.74, 6) is 0.893. The van der Waals surface area contributed by atoms with Gasteiger partial charge in [0.1, 0.15) is 12.1 Å². The normalized spacial score (nSPS) is 11.5. The van der Waals surface area contributed by atoms with Gasteiger partial charge in [-0.2, -0.15) is 13.2 Å². The summed E-state index contributed by atoms with van der Waals surface area (Å²) in [5.41, 5.74) is 2.11. The second kappa shape index (κ2) is 8.50. The smallest absolute Gasteiger partial charge is 0.416 e. The maximum Gasteiger partial charge on any atom is 0.416 e. The minimum atomic E-state index is -4.45. The van der Waals surface area contributed by atoms with Crippen molar-refractivity contribution in [1.82, 2.24) is 24.9 Å². The number of nitrogens with one attached hydrogen (secondary N) is 1. The van der Waals surface area contributed by atoms with Gasteiger partial charge in [-0.25, -0.2) is 24.9 Å². The van der Waals surface area contributed by atoms with Gasteiger partial charge in [0, 0.05) is 18.8 Å². The van der Waals surface area contributed by atoms with E-state index in [4.69, 9.17) is 4.74 Å². The van der Waals surface area contributed by atoms with Crippen LogP contribution in [-0.4, -0.2) is 31.5 Å². The Bertz CT molecular complexity index is 1200. The fourth-order valence-corrected chi connectivity index (χ4v) is 2.87. The molecule has 0 aliphatic carbocycles. The fraction of sp³-hybridized carbons (Fsp3) is 0.190. The standard InChI is InChI=1S/C21H17F3N6O/c1-13-11-27-20-18(30-13)19(28-12-29-20)26-8-6-14-2-4-16(5-3-14)31-17-10-15(7-9-25-17)21(22,23)24/h2-5,7,9-12H,6,8H2,1H3,(H,26,27,28,29). The van der Waals surface area contributed by atoms with Crippen molar-refractivity contribution in [2.24, 2.45) is 0 Å². The lowest BCUT2D eigenvalue weighted by Gasteiger charge is -2.10. The van der Waals surface area contributed by atoms with Crippen molar-refractivity contribution in [3.63, 3.8) is 0 Å². The van der Waals surface area contributed by atoms with Gasteiger partial charge >= 0.3 is 6.18 Å². The highest BCUT2D eigenvalue weighted by molar-refractivity contribution is 5.81. The first kappa shape index (κ1) is 20.5. The van der Waals surface area contributed by atoms with E-state index in [0.29, 0.717) is 35.7 Å². The Morgan fingerprint density at radius 1 is 1.00 bits per heavy atom. The minimum Gasteiger partial charge on any atom is -0.439 e. The topological polar surface area (TPSA) is 85.7 Å². The molecule has 0 bridgehead atoms. The molecule has 1 N–H and O–H groups in total. The molecular weight excluding hydrogens is 409 g/mol. The summed E-state index contributed by atoms with van der Waals surface area (Å²) < 4.78 is 43.8. The lowest BCUT2D eigenvalue weighted by Crippen LogP contribution is -2.08. The van der Waals surface area contributed by atoms with Crippen LogP contribution in [0.25, 0.3) is 11.2 Å². The van der Waals surface area contributed by atoms with Crippen molar-refractivity contribution >= 4 is 17.0 Å². The molecule has 3 heterocycles. The molecule has 158 valence electrons. The number of pyridine rings is 1. The van der Waals surface area contributed by atoms with Gasteiger partial charge in [-0.1, -0.05) is 12.1 Å². The number of alkyl halides is 3. The molecule has 0 saturated carbocycles. The summed E-state index contributed by atoms with van der Waals surface area (Å²) in [6, 6.07) is 8.82. The highest BCUT2D eigenvalue weighted by atomic mass is 19.4. The van der Waals surface area contributed by atoms with E-state index in [1.54, 1.807) is 18.3 Å². The molecule has 0 unspecified atom stereocenters. The van der Waals surface area contributed by atoms with Crippen molar-refractivity contribution in [1.29, 1.82) is 0 Å². The van der Waals surface area contributed by atoms with Crippen molar-refractivity contribution < 1.29 is 17.9 Å². The Morgan fingerprint density at radius 2 is 1.81 bits per heavy atom. The SMILES string of the molecule is Cc1cnc2ncnc(NCCc3ccc(Oc4cc(C(F)(F)F)ccn4)cc3)c2n1. The number of benzene rings is 1. The summed E-state index contributed by atoms with van der Waals surface area (Å²) in [4.78, 5) is 20.8. The molecule has 7 nitrogen and oxygen atoms in total. The third-order valence-corrected chi connectivity index (χ3v) is 4.38. The maximum atomic E-state index is 12.8. The molecule has 3 aromatic heterocycles. The Hall–Kier alpha value is -3.82. The largest absolute Gasteiger partial charge is 0.439 e. The van der Waals surface area contributed by atoms with Gasteiger partial charge in [0.15, 0.2) is 17.0 Å². The van der Waals surface area contributed by atoms with Gasteiger partial charge in [-0.05, 0) is 37.1 Å². The molecule has 0 amide bonds. The van der Waals surface area contributed by atoms with E-state index in [2.05, 4.69) is 30.2 Å². The molecule has 0 spiro atoms. The Morgan fingerprint density at radius 3 is 2.58 bits per heavy atom. The number of fused-ring (bicyclic) bond motifs is 1. The van der Waals surface area contributed by atoms with Crippen LogP contribution in [0, 0.1) is 6.92 Å². The molecule has 0 aliphatic rings. The van der Waals surface area contributed by atoms with Crippen LogP contribution < -0.4 is 10.1 Å². The van der Waals surface area contributed by atoms with Gasteiger partial charge in [0.25, 0.3) is 0 Å². The van der Waals surface area contributed by atoms with E-state index in [1.807, 2.05) is 19.1 Å². The van der Waals surface area contributed by atoms with Crippen molar-refractivity contribution in [3.8, 4) is 11.6 Å². The van der Waals surface area contributed by atoms with Crippen LogP contribution in [0.5, 0.6) is 11.6 Å². The van der Waals surface area contributed by atoms with Crippen LogP contribution in [0.3, 0.4) is 0 Å². The first-order chi connectivity index (χ1) is 14.9. The maximum absolute atomic E-state index is 12.8. The average molecular weight is 426 g/mol. The Balaban J connectivity index is 1.37. The predicted molar refractivity (Wildman–Crippen MR) is 108 cm³/mol. The van der Waals surface area contributed by atoms with E-state index < -0.39 is 11.7 Å². The van der Waals surface area contributed by atoms with Crippen LogP contribution in [0.4, 0.5) is 19.0 Å². The number of ether oxygens (including phenoxy) is 1. The van der Waals surface area contributed by atoms with E-state index in [1.165, 1.54) is 6.33 Å². The minimum absolute atomic E-state index is 0.115. The van der Waals surface area contributed by atoms with Crippen molar-refractivity contribution in [2.45, 2.75) is 19.5 Å². The number of halogens is 3.